The van der Waals surface area contributed by atoms with Crippen molar-refractivity contribution in [3.8, 4) is 0 Å². The van der Waals surface area contributed by atoms with Crippen LogP contribution < -0.4 is 0 Å². The van der Waals surface area contributed by atoms with Gasteiger partial charge in [-0.05, 0) is 147 Å². The molecule has 0 amide bonds. The zero-order chi connectivity index (χ0) is 34.1. The van der Waals surface area contributed by atoms with E-state index in [9.17, 15) is 8.78 Å². The lowest BCUT2D eigenvalue weighted by atomic mass is 9.68. The number of benzene rings is 2. The van der Waals surface area contributed by atoms with E-state index in [1.807, 2.05) is 12.1 Å². The molecule has 0 aromatic heterocycles. The maximum Gasteiger partial charge on any atom is 0.149 e. The van der Waals surface area contributed by atoms with Gasteiger partial charge in [0, 0.05) is 0 Å². The molecule has 0 N–H and O–H groups in total. The van der Waals surface area contributed by atoms with E-state index in [0.717, 1.165) is 59.5 Å². The first-order chi connectivity index (χ1) is 23.4. The van der Waals surface area contributed by atoms with Gasteiger partial charge in [-0.2, -0.15) is 9.98 Å². The Balaban J connectivity index is 0.000000224. The molecule has 0 atom stereocenters. The molecule has 0 aliphatic heterocycles. The molecule has 0 unspecified atom stereocenters. The number of nitrogens with zero attached hydrogens (tertiary/aromatic N) is 2. The zero-order valence-electron chi connectivity index (χ0n) is 29.5. The third-order valence-electron chi connectivity index (χ3n) is 11.8. The van der Waals surface area contributed by atoms with E-state index in [1.165, 1.54) is 116 Å². The number of aryl methyl sites for hydroxylation is 2. The molecule has 0 radical (unpaired) electrons. The summed E-state index contributed by atoms with van der Waals surface area (Å²) in [7, 11) is 0. The molecule has 3 aliphatic rings. The van der Waals surface area contributed by atoms with Crippen LogP contribution in [0.1, 0.15) is 141 Å². The second-order valence-corrected chi connectivity index (χ2v) is 15.4. The van der Waals surface area contributed by atoms with Gasteiger partial charge in [0.1, 0.15) is 23.0 Å². The highest BCUT2D eigenvalue weighted by Gasteiger charge is 2.30. The summed E-state index contributed by atoms with van der Waals surface area (Å²) in [5, 5.41) is 4.45. The summed E-state index contributed by atoms with van der Waals surface area (Å²) in [6.45, 7) is 4.60. The fraction of sp³-hybridized carbons (Fsp3) is 0.667. The first kappa shape index (κ1) is 38.7. The van der Waals surface area contributed by atoms with Crippen molar-refractivity contribution in [2.24, 2.45) is 45.5 Å². The van der Waals surface area contributed by atoms with Crippen molar-refractivity contribution in [1.29, 1.82) is 0 Å². The maximum atomic E-state index is 14.0. The number of thiocarbonyl (C=S) groups is 2. The number of hydrogen-bond acceptors (Lipinski definition) is 4. The van der Waals surface area contributed by atoms with Crippen LogP contribution in [-0.2, 0) is 12.8 Å². The molecule has 3 saturated carbocycles. The van der Waals surface area contributed by atoms with Gasteiger partial charge in [-0.1, -0.05) is 103 Å². The minimum absolute atomic E-state index is 0.285. The van der Waals surface area contributed by atoms with Crippen LogP contribution in [0, 0.1) is 47.1 Å². The average Bonchev–Trinajstić information content (AvgIpc) is 3.10. The third kappa shape index (κ3) is 12.7. The Morgan fingerprint density at radius 1 is 0.542 bits per heavy atom. The van der Waals surface area contributed by atoms with Crippen molar-refractivity contribution in [2.45, 2.75) is 142 Å². The van der Waals surface area contributed by atoms with Crippen molar-refractivity contribution in [2.75, 3.05) is 0 Å². The Kier molecular flexibility index (Phi) is 17.1. The van der Waals surface area contributed by atoms with E-state index in [-0.39, 0.29) is 17.3 Å². The monoisotopic (exact) mass is 692 g/mol. The van der Waals surface area contributed by atoms with E-state index < -0.39 is 0 Å². The Morgan fingerprint density at radius 2 is 0.875 bits per heavy atom. The topological polar surface area (TPSA) is 24.7 Å². The van der Waals surface area contributed by atoms with Crippen molar-refractivity contribution >= 4 is 46.1 Å². The van der Waals surface area contributed by atoms with Gasteiger partial charge in [0.15, 0.2) is 0 Å². The lowest BCUT2D eigenvalue weighted by Crippen LogP contribution is -2.26. The van der Waals surface area contributed by atoms with Crippen LogP contribution in [0.3, 0.4) is 0 Å². The number of aliphatic imine (C=N–C) groups is 2. The molecule has 2 aromatic carbocycles. The first-order valence-corrected chi connectivity index (χ1v) is 20.0. The van der Waals surface area contributed by atoms with Crippen LogP contribution in [0.25, 0.3) is 0 Å². The highest BCUT2D eigenvalue weighted by molar-refractivity contribution is 7.78. The van der Waals surface area contributed by atoms with Gasteiger partial charge in [-0.25, -0.2) is 8.78 Å². The predicted molar refractivity (Wildman–Crippen MR) is 205 cm³/mol. The molecule has 6 heteroatoms. The molecular formula is C42H58F2N2S2. The van der Waals surface area contributed by atoms with Gasteiger partial charge >= 0.3 is 0 Å². The van der Waals surface area contributed by atoms with Crippen LogP contribution in [0.15, 0.2) is 46.4 Å². The lowest BCUT2D eigenvalue weighted by molar-refractivity contribution is 0.141. The molecule has 0 saturated heterocycles. The SMILES string of the molecule is CCCC1CCC(C2CCC(CCc3ccc(N=C=S)c(F)c3)CC2)CC1.CCCC1CCC(CCc2ccc(N=C=S)c(F)c2)CC1. The molecule has 0 bridgehead atoms. The average molecular weight is 693 g/mol. The fourth-order valence-electron chi connectivity index (χ4n) is 8.96. The normalized spacial score (nSPS) is 25.6. The summed E-state index contributed by atoms with van der Waals surface area (Å²) in [5.41, 5.74) is 2.72. The second-order valence-electron chi connectivity index (χ2n) is 15.1. The Bertz CT molecular complexity index is 1340. The van der Waals surface area contributed by atoms with Gasteiger partial charge in [-0.15, -0.1) is 0 Å². The van der Waals surface area contributed by atoms with Crippen molar-refractivity contribution in [3.63, 3.8) is 0 Å². The van der Waals surface area contributed by atoms with Gasteiger partial charge in [0.2, 0.25) is 0 Å². The summed E-state index contributed by atoms with van der Waals surface area (Å²) in [6.07, 6.45) is 26.8. The maximum absolute atomic E-state index is 14.0. The van der Waals surface area contributed by atoms with Gasteiger partial charge in [0.25, 0.3) is 0 Å². The molecule has 262 valence electrons. The number of halogens is 2. The minimum Gasteiger partial charge on any atom is -0.205 e. The summed E-state index contributed by atoms with van der Waals surface area (Å²) in [5.74, 6) is 5.01. The smallest absolute Gasteiger partial charge is 0.149 e. The molecule has 2 aromatic rings. The third-order valence-corrected chi connectivity index (χ3v) is 12.0. The Hall–Kier alpha value is -2.10. The molecule has 3 fully saturated rings. The number of rotatable bonds is 13. The zero-order valence-corrected chi connectivity index (χ0v) is 31.2. The standard InChI is InChI=1S/C24H34FNS.C18H24FNS/c1-2-3-18-6-11-21(12-7-18)22-13-8-19(9-14-22)4-5-20-10-15-24(26-17-27)23(25)16-20;1-2-3-14-4-6-15(7-5-14)8-9-16-10-11-18(20-13-21)17(19)12-16/h10,15-16,18-19,21-22H,2-9,11-14H2,1H3;10-12,14-15H,2-9H2,1H3. The first-order valence-electron chi connectivity index (χ1n) is 19.1. The van der Waals surface area contributed by atoms with Crippen LogP contribution in [-0.4, -0.2) is 10.3 Å². The van der Waals surface area contributed by atoms with E-state index in [0.29, 0.717) is 5.69 Å². The molecular weight excluding hydrogens is 635 g/mol. The van der Waals surface area contributed by atoms with Crippen LogP contribution >= 0.6 is 24.4 Å². The fourth-order valence-corrected chi connectivity index (χ4v) is 9.15. The van der Waals surface area contributed by atoms with Crippen molar-refractivity contribution in [3.05, 3.63) is 59.2 Å². The van der Waals surface area contributed by atoms with Gasteiger partial charge in [0.05, 0.1) is 10.3 Å². The van der Waals surface area contributed by atoms with Crippen molar-refractivity contribution < 1.29 is 8.78 Å². The molecule has 0 spiro atoms. The predicted octanol–water partition coefficient (Wildman–Crippen LogP) is 14.0. The van der Waals surface area contributed by atoms with Gasteiger partial charge < -0.3 is 0 Å². The van der Waals surface area contributed by atoms with E-state index in [4.69, 9.17) is 0 Å². The largest absolute Gasteiger partial charge is 0.205 e. The van der Waals surface area contributed by atoms with Crippen LogP contribution in [0.5, 0.6) is 0 Å². The molecule has 3 aliphatic carbocycles. The Morgan fingerprint density at radius 3 is 1.19 bits per heavy atom. The Labute approximate surface area is 300 Å². The van der Waals surface area contributed by atoms with Gasteiger partial charge in [-0.3, -0.25) is 0 Å². The quantitative estimate of drug-likeness (QED) is 0.154. The van der Waals surface area contributed by atoms with E-state index >= 15 is 0 Å². The van der Waals surface area contributed by atoms with Crippen LogP contribution in [0.4, 0.5) is 20.2 Å². The van der Waals surface area contributed by atoms with E-state index in [2.05, 4.69) is 58.6 Å². The van der Waals surface area contributed by atoms with Crippen LogP contribution in [0.2, 0.25) is 0 Å². The molecule has 0 heterocycles. The number of hydrogen-bond donors (Lipinski definition) is 0. The minimum atomic E-state index is -0.295. The summed E-state index contributed by atoms with van der Waals surface area (Å²) < 4.78 is 27.7. The summed E-state index contributed by atoms with van der Waals surface area (Å²) in [4.78, 5) is 7.47. The highest BCUT2D eigenvalue weighted by Crippen LogP contribution is 2.43. The summed E-state index contributed by atoms with van der Waals surface area (Å²) >= 11 is 9.06. The molecule has 2 nitrogen and oxygen atoms in total. The summed E-state index contributed by atoms with van der Waals surface area (Å²) in [6, 6.07) is 10.6. The molecule has 48 heavy (non-hydrogen) atoms. The lowest BCUT2D eigenvalue weighted by Gasteiger charge is -2.38. The second kappa shape index (κ2) is 21.2. The highest BCUT2D eigenvalue weighted by atomic mass is 32.1. The number of isothiocyanates is 2. The van der Waals surface area contributed by atoms with E-state index in [1.54, 1.807) is 24.3 Å². The molecule has 5 rings (SSSR count). The van der Waals surface area contributed by atoms with Crippen molar-refractivity contribution in [1.82, 2.24) is 0 Å².